The largest absolute Gasteiger partial charge is 0.0654 e. The Kier molecular flexibility index (Phi) is 5.36. The van der Waals surface area contributed by atoms with Crippen molar-refractivity contribution in [2.45, 2.75) is 103 Å². The summed E-state index contributed by atoms with van der Waals surface area (Å²) in [5.74, 6) is 8.00. The summed E-state index contributed by atoms with van der Waals surface area (Å²) in [6.45, 7) is 2.35. The fourth-order valence-corrected chi connectivity index (χ4v) is 6.74. The molecule has 4 aliphatic carbocycles. The number of rotatable bonds is 6. The maximum Gasteiger partial charge on any atom is -0.0380 e. The van der Waals surface area contributed by atoms with Gasteiger partial charge in [0.25, 0.3) is 0 Å². The second kappa shape index (κ2) is 7.49. The van der Waals surface area contributed by atoms with E-state index in [0.29, 0.717) is 0 Å². The first-order valence-corrected chi connectivity index (χ1v) is 11.3. The van der Waals surface area contributed by atoms with E-state index in [2.05, 4.69) is 6.92 Å². The van der Waals surface area contributed by atoms with Crippen LogP contribution in [0.2, 0.25) is 0 Å². The van der Waals surface area contributed by atoms with E-state index in [1.807, 2.05) is 0 Å². The van der Waals surface area contributed by atoms with Gasteiger partial charge in [-0.15, -0.1) is 0 Å². The lowest BCUT2D eigenvalue weighted by atomic mass is 9.59. The molecule has 0 amide bonds. The quantitative estimate of drug-likeness (QED) is 0.485. The summed E-state index contributed by atoms with van der Waals surface area (Å²) in [6, 6.07) is 0. The van der Waals surface area contributed by atoms with Crippen molar-refractivity contribution in [1.82, 2.24) is 0 Å². The molecule has 0 N–H and O–H groups in total. The Balaban J connectivity index is 1.16. The molecule has 132 valence electrons. The van der Waals surface area contributed by atoms with Crippen LogP contribution in [0.3, 0.4) is 0 Å². The molecule has 2 unspecified atom stereocenters. The molecule has 0 heterocycles. The Labute approximate surface area is 145 Å². The fourth-order valence-electron chi connectivity index (χ4n) is 6.74. The van der Waals surface area contributed by atoms with Crippen molar-refractivity contribution >= 4 is 0 Å². The first-order chi connectivity index (χ1) is 11.3. The summed E-state index contributed by atoms with van der Waals surface area (Å²) in [5, 5.41) is 0. The molecular weight excluding hydrogens is 276 g/mol. The Hall–Kier alpha value is 0. The second-order valence-corrected chi connectivity index (χ2v) is 9.94. The predicted octanol–water partition coefficient (Wildman–Crippen LogP) is 7.23. The molecule has 0 radical (unpaired) electrons. The Morgan fingerprint density at radius 3 is 1.70 bits per heavy atom. The van der Waals surface area contributed by atoms with Crippen molar-refractivity contribution in [3.05, 3.63) is 0 Å². The lowest BCUT2D eigenvalue weighted by Crippen LogP contribution is -2.36. The highest BCUT2D eigenvalue weighted by molar-refractivity contribution is 4.94. The van der Waals surface area contributed by atoms with Crippen LogP contribution >= 0.6 is 0 Å². The Bertz CT molecular complexity index is 354. The van der Waals surface area contributed by atoms with Crippen LogP contribution in [0.4, 0.5) is 0 Å². The van der Waals surface area contributed by atoms with E-state index >= 15 is 0 Å². The average molecular weight is 317 g/mol. The van der Waals surface area contributed by atoms with Gasteiger partial charge in [0, 0.05) is 0 Å². The highest BCUT2D eigenvalue weighted by Crippen LogP contribution is 2.54. The van der Waals surface area contributed by atoms with Gasteiger partial charge in [-0.2, -0.15) is 0 Å². The number of unbranched alkanes of at least 4 members (excludes halogenated alkanes) is 1. The van der Waals surface area contributed by atoms with E-state index in [-0.39, 0.29) is 0 Å². The van der Waals surface area contributed by atoms with Crippen molar-refractivity contribution in [2.24, 2.45) is 41.4 Å². The molecule has 0 spiro atoms. The van der Waals surface area contributed by atoms with E-state index in [0.717, 1.165) is 29.6 Å². The van der Waals surface area contributed by atoms with Gasteiger partial charge in [0.1, 0.15) is 0 Å². The lowest BCUT2D eigenvalue weighted by molar-refractivity contribution is 0.0395. The first-order valence-electron chi connectivity index (χ1n) is 11.3. The Morgan fingerprint density at radius 2 is 1.09 bits per heavy atom. The van der Waals surface area contributed by atoms with Gasteiger partial charge in [-0.25, -0.2) is 0 Å². The van der Waals surface area contributed by atoms with Gasteiger partial charge in [0.05, 0.1) is 0 Å². The molecule has 0 bridgehead atoms. The molecule has 0 aliphatic heterocycles. The smallest absolute Gasteiger partial charge is 0.0380 e. The zero-order valence-corrected chi connectivity index (χ0v) is 15.6. The van der Waals surface area contributed by atoms with Gasteiger partial charge in [-0.3, -0.25) is 0 Å². The minimum atomic E-state index is 1.10. The summed E-state index contributed by atoms with van der Waals surface area (Å²) in [4.78, 5) is 0. The van der Waals surface area contributed by atoms with Crippen LogP contribution in [0.5, 0.6) is 0 Å². The van der Waals surface area contributed by atoms with E-state index in [1.165, 1.54) is 37.5 Å². The summed E-state index contributed by atoms with van der Waals surface area (Å²) in [7, 11) is 0. The van der Waals surface area contributed by atoms with Gasteiger partial charge in [-0.05, 0) is 86.4 Å². The van der Waals surface area contributed by atoms with Crippen molar-refractivity contribution < 1.29 is 0 Å². The maximum atomic E-state index is 2.35. The summed E-state index contributed by atoms with van der Waals surface area (Å²) >= 11 is 0. The zero-order chi connectivity index (χ0) is 15.6. The second-order valence-electron chi connectivity index (χ2n) is 9.94. The van der Waals surface area contributed by atoms with E-state index in [4.69, 9.17) is 0 Å². The SMILES string of the molecule is CCCCC1CCC(C2CCC(C3CC(C4CCC4)C3)C2)CC1. The number of hydrogen-bond acceptors (Lipinski definition) is 0. The normalized spacial score (nSPS) is 44.7. The van der Waals surface area contributed by atoms with Crippen LogP contribution in [0, 0.1) is 41.4 Å². The molecule has 0 aromatic carbocycles. The van der Waals surface area contributed by atoms with Gasteiger partial charge >= 0.3 is 0 Å². The standard InChI is InChI=1S/C23H40/c1-2-3-5-17-8-10-19(11-9-17)20-12-13-21(14-20)23-15-22(16-23)18-6-4-7-18/h17-23H,2-16H2,1H3. The minimum Gasteiger partial charge on any atom is -0.0654 e. The number of hydrogen-bond donors (Lipinski definition) is 0. The first kappa shape index (κ1) is 16.5. The molecule has 0 saturated heterocycles. The molecule has 23 heavy (non-hydrogen) atoms. The third kappa shape index (κ3) is 3.67. The van der Waals surface area contributed by atoms with E-state index in [9.17, 15) is 0 Å². The molecule has 0 aromatic rings. The zero-order valence-electron chi connectivity index (χ0n) is 15.6. The van der Waals surface area contributed by atoms with Crippen LogP contribution in [-0.4, -0.2) is 0 Å². The van der Waals surface area contributed by atoms with Crippen LogP contribution in [0.1, 0.15) is 103 Å². The van der Waals surface area contributed by atoms with E-state index < -0.39 is 0 Å². The highest BCUT2D eigenvalue weighted by atomic mass is 14.5. The van der Waals surface area contributed by atoms with Crippen LogP contribution in [0.15, 0.2) is 0 Å². The third-order valence-electron chi connectivity index (χ3n) is 8.73. The average Bonchev–Trinajstić information content (AvgIpc) is 2.96. The molecule has 4 fully saturated rings. The molecule has 4 aliphatic rings. The molecule has 0 aromatic heterocycles. The summed E-state index contributed by atoms with van der Waals surface area (Å²) < 4.78 is 0. The van der Waals surface area contributed by atoms with Crippen LogP contribution in [-0.2, 0) is 0 Å². The van der Waals surface area contributed by atoms with Gasteiger partial charge in [0.2, 0.25) is 0 Å². The lowest BCUT2D eigenvalue weighted by Gasteiger charge is -2.47. The molecule has 0 heteroatoms. The fraction of sp³-hybridized carbons (Fsp3) is 1.00. The molecular formula is C23H40. The molecule has 4 saturated carbocycles. The van der Waals surface area contributed by atoms with Crippen molar-refractivity contribution in [1.29, 1.82) is 0 Å². The molecule has 2 atom stereocenters. The maximum absolute atomic E-state index is 2.35. The van der Waals surface area contributed by atoms with Crippen molar-refractivity contribution in [2.75, 3.05) is 0 Å². The summed E-state index contributed by atoms with van der Waals surface area (Å²) in [6.07, 6.45) is 23.5. The Morgan fingerprint density at radius 1 is 0.565 bits per heavy atom. The van der Waals surface area contributed by atoms with Crippen LogP contribution < -0.4 is 0 Å². The van der Waals surface area contributed by atoms with Crippen LogP contribution in [0.25, 0.3) is 0 Å². The minimum absolute atomic E-state index is 1.10. The van der Waals surface area contributed by atoms with Gasteiger partial charge in [0.15, 0.2) is 0 Å². The van der Waals surface area contributed by atoms with Crippen molar-refractivity contribution in [3.8, 4) is 0 Å². The van der Waals surface area contributed by atoms with E-state index in [1.54, 1.807) is 70.6 Å². The third-order valence-corrected chi connectivity index (χ3v) is 8.73. The summed E-state index contributed by atoms with van der Waals surface area (Å²) in [5.41, 5.74) is 0. The molecule has 0 nitrogen and oxygen atoms in total. The highest BCUT2D eigenvalue weighted by Gasteiger charge is 2.43. The topological polar surface area (TPSA) is 0 Å². The molecule has 4 rings (SSSR count). The monoisotopic (exact) mass is 316 g/mol. The predicted molar refractivity (Wildman–Crippen MR) is 99.4 cm³/mol. The van der Waals surface area contributed by atoms with Gasteiger partial charge < -0.3 is 0 Å². The van der Waals surface area contributed by atoms with Crippen molar-refractivity contribution in [3.63, 3.8) is 0 Å². The van der Waals surface area contributed by atoms with Gasteiger partial charge in [-0.1, -0.05) is 58.3 Å².